The van der Waals surface area contributed by atoms with E-state index in [-0.39, 0.29) is 35.8 Å². The summed E-state index contributed by atoms with van der Waals surface area (Å²) in [7, 11) is -3.00. The van der Waals surface area contributed by atoms with Gasteiger partial charge in [0.25, 0.3) is 11.8 Å². The maximum absolute atomic E-state index is 14.1. The van der Waals surface area contributed by atoms with Crippen LogP contribution in [-0.2, 0) is 40.9 Å². The molecule has 0 unspecified atom stereocenters. The molecule has 71 heavy (non-hydrogen) atoms. The van der Waals surface area contributed by atoms with Crippen LogP contribution in [0, 0.1) is 5.41 Å². The van der Waals surface area contributed by atoms with E-state index in [2.05, 4.69) is 72.3 Å². The van der Waals surface area contributed by atoms with E-state index in [1.807, 2.05) is 36.4 Å². The van der Waals surface area contributed by atoms with Crippen LogP contribution in [0.4, 0.5) is 34.4 Å². The van der Waals surface area contributed by atoms with Gasteiger partial charge in [0, 0.05) is 103 Å². The minimum atomic E-state index is -4.51. The van der Waals surface area contributed by atoms with Crippen molar-refractivity contribution in [3.63, 3.8) is 0 Å². The number of methoxy groups -OCH3 is 1. The Kier molecular flexibility index (Phi) is 13.9. The molecule has 18 nitrogen and oxygen atoms in total. The highest BCUT2D eigenvalue weighted by molar-refractivity contribution is 7.49. The predicted octanol–water partition coefficient (Wildman–Crippen LogP) is 7.24. The van der Waals surface area contributed by atoms with E-state index in [9.17, 15) is 29.0 Å². The molecule has 1 atom stereocenters. The molecule has 0 bridgehead atoms. The zero-order chi connectivity index (χ0) is 50.6. The lowest BCUT2D eigenvalue weighted by Crippen LogP contribution is -2.57. The van der Waals surface area contributed by atoms with E-state index in [0.717, 1.165) is 69.8 Å². The number of rotatable bonds is 14. The van der Waals surface area contributed by atoms with Crippen LogP contribution in [0.25, 0.3) is 11.3 Å². The normalized spacial score (nSPS) is 18.6. The number of pyridine rings is 1. The Hall–Kier alpha value is -5.85. The number of carbonyl (C=O) groups is 2. The number of nitrogens with zero attached hydrogens (tertiary/aromatic N) is 8. The minimum absolute atomic E-state index is 0.107. The average molecular weight is 1010 g/mol. The lowest BCUT2D eigenvalue weighted by molar-refractivity contribution is -0.111. The lowest BCUT2D eigenvalue weighted by atomic mass is 9.90. The van der Waals surface area contributed by atoms with E-state index in [4.69, 9.17) is 21.3 Å². The van der Waals surface area contributed by atoms with Gasteiger partial charge in [-0.15, -0.1) is 0 Å². The second-order valence-electron chi connectivity index (χ2n) is 20.3. The number of hydrogen-bond acceptors (Lipinski definition) is 12. The second-order valence-corrected chi connectivity index (χ2v) is 22.0. The van der Waals surface area contributed by atoms with Gasteiger partial charge in [-0.05, 0) is 118 Å². The number of benzene rings is 2. The molecule has 4 aliphatic rings. The molecule has 5 aromatic rings. The molecule has 9 rings (SSSR count). The number of amides is 2. The van der Waals surface area contributed by atoms with Crippen molar-refractivity contribution < 1.29 is 33.8 Å². The number of aliphatic hydroxyl groups is 1. The Bertz CT molecular complexity index is 2930. The number of anilines is 6. The largest absolute Gasteiger partial charge is 0.478 e. The lowest BCUT2D eigenvalue weighted by Gasteiger charge is -2.47. The van der Waals surface area contributed by atoms with Gasteiger partial charge in [-0.3, -0.25) is 19.4 Å². The van der Waals surface area contributed by atoms with Crippen molar-refractivity contribution in [2.24, 2.45) is 5.41 Å². The fraction of sp³-hybridized carbons (Fsp3) is 0.431. The number of aromatic nitrogens is 4. The molecular formula is C51H63ClN11O7P. The van der Waals surface area contributed by atoms with Gasteiger partial charge in [-0.25, -0.2) is 24.6 Å². The Balaban J connectivity index is 0.897. The molecule has 376 valence electrons. The van der Waals surface area contributed by atoms with Gasteiger partial charge in [0.15, 0.2) is 5.82 Å². The standard InChI is InChI=1S/C51H63ClN11O7P/c1-8-45(65)56-40-24-33(9-12-42(40)61-20-19-60(29-31(61)2)34-14-17-59(18-15-34)35-10-11-39(52)38(25-35)51(5,6)58-71(67,68)69)55-46-48(70-7)54-28-41(57-46)36-13-16-53-47(37(36)30-64)63-22-21-62-43(49(63)66)23-32-26-50(3,4)27-44(32)62/h8-13,16,23-25,28,31,34,64H,1,14-15,17-22,26-27,29-30H2,2-7H3,(H,55,57)(H,56,65)(H3,58,67,68,69)/t31-/m0/s1. The number of nitrogens with one attached hydrogen (secondary N) is 3. The van der Waals surface area contributed by atoms with E-state index < -0.39 is 13.3 Å². The zero-order valence-electron chi connectivity index (χ0n) is 41.1. The summed E-state index contributed by atoms with van der Waals surface area (Å²) in [4.78, 5) is 69.2. The molecule has 3 aromatic heterocycles. The van der Waals surface area contributed by atoms with Gasteiger partial charge in [0.2, 0.25) is 5.91 Å². The van der Waals surface area contributed by atoms with Gasteiger partial charge in [0.05, 0.1) is 37.0 Å². The van der Waals surface area contributed by atoms with Crippen molar-refractivity contribution >= 4 is 65.5 Å². The van der Waals surface area contributed by atoms with Crippen LogP contribution in [0.3, 0.4) is 0 Å². The maximum Gasteiger partial charge on any atom is 0.401 e. The number of fused-ring (bicyclic) bond motifs is 3. The summed E-state index contributed by atoms with van der Waals surface area (Å²) in [6, 6.07) is 15.7. The van der Waals surface area contributed by atoms with Crippen LogP contribution in [-0.4, -0.2) is 110 Å². The minimum Gasteiger partial charge on any atom is -0.478 e. The van der Waals surface area contributed by atoms with Crippen LogP contribution in [0.5, 0.6) is 5.88 Å². The molecule has 6 N–H and O–H groups in total. The third-order valence-corrected chi connectivity index (χ3v) is 15.5. The number of aliphatic hydroxyl groups excluding tert-OH is 1. The Morgan fingerprint density at radius 3 is 2.51 bits per heavy atom. The SMILES string of the molecule is C=CC(=O)Nc1cc(Nc2nc(-c3ccnc(N4CCn5c(cc6c5CC(C)(C)C6)C4=O)c3CO)cnc2OC)ccc1N1CCN(C2CCN(c3ccc(Cl)c(C(C)(C)NP(=O)(O)O)c3)CC2)C[C@@H]1C. The number of piperazine rings is 1. The Morgan fingerprint density at radius 1 is 1.03 bits per heavy atom. The fourth-order valence-electron chi connectivity index (χ4n) is 11.0. The molecule has 2 fully saturated rings. The van der Waals surface area contributed by atoms with Crippen LogP contribution in [0.2, 0.25) is 5.02 Å². The number of halogens is 1. The van der Waals surface area contributed by atoms with Crippen LogP contribution < -0.4 is 35.2 Å². The highest BCUT2D eigenvalue weighted by Gasteiger charge is 2.38. The van der Waals surface area contributed by atoms with Crippen LogP contribution >= 0.6 is 19.3 Å². The molecule has 3 aliphatic heterocycles. The molecule has 1 aliphatic carbocycles. The summed E-state index contributed by atoms with van der Waals surface area (Å²) in [5, 5.41) is 20.1. The van der Waals surface area contributed by atoms with E-state index in [1.165, 1.54) is 24.4 Å². The number of piperidine rings is 1. The predicted molar refractivity (Wildman–Crippen MR) is 277 cm³/mol. The number of carbonyl (C=O) groups excluding carboxylic acids is 2. The summed E-state index contributed by atoms with van der Waals surface area (Å²) >= 11 is 6.54. The fourth-order valence-corrected chi connectivity index (χ4v) is 12.2. The first-order chi connectivity index (χ1) is 33.8. The first kappa shape index (κ1) is 50.1. The Labute approximate surface area is 419 Å². The Morgan fingerprint density at radius 2 is 1.80 bits per heavy atom. The molecular weight excluding hydrogens is 945 g/mol. The molecule has 0 spiro atoms. The number of hydrogen-bond donors (Lipinski definition) is 6. The quantitative estimate of drug-likeness (QED) is 0.0478. The summed E-state index contributed by atoms with van der Waals surface area (Å²) in [5.41, 5.74) is 7.29. The maximum atomic E-state index is 14.1. The van der Waals surface area contributed by atoms with Crippen molar-refractivity contribution in [3.05, 3.63) is 107 Å². The van der Waals surface area contributed by atoms with Crippen molar-refractivity contribution in [1.29, 1.82) is 0 Å². The first-order valence-electron chi connectivity index (χ1n) is 24.0. The first-order valence-corrected chi connectivity index (χ1v) is 26.0. The van der Waals surface area contributed by atoms with Crippen molar-refractivity contribution in [2.45, 2.75) is 91.1 Å². The third-order valence-electron chi connectivity index (χ3n) is 14.3. The van der Waals surface area contributed by atoms with Crippen molar-refractivity contribution in [2.75, 3.05) is 71.7 Å². The van der Waals surface area contributed by atoms with E-state index in [1.54, 1.807) is 43.3 Å². The molecule has 0 saturated carbocycles. The smallest absolute Gasteiger partial charge is 0.401 e. The summed E-state index contributed by atoms with van der Waals surface area (Å²) in [6.07, 6.45) is 8.16. The van der Waals surface area contributed by atoms with Gasteiger partial charge in [-0.1, -0.05) is 32.0 Å². The molecule has 6 heterocycles. The topological polar surface area (TPSA) is 214 Å². The molecule has 0 radical (unpaired) electrons. The van der Waals surface area contributed by atoms with E-state index >= 15 is 0 Å². The van der Waals surface area contributed by atoms with E-state index in [0.29, 0.717) is 75.2 Å². The summed E-state index contributed by atoms with van der Waals surface area (Å²) in [6.45, 7) is 18.5. The van der Waals surface area contributed by atoms with Crippen LogP contribution in [0.1, 0.15) is 80.3 Å². The zero-order valence-corrected chi connectivity index (χ0v) is 42.7. The molecule has 2 amide bonds. The van der Waals surface area contributed by atoms with Gasteiger partial charge in [-0.2, -0.15) is 0 Å². The van der Waals surface area contributed by atoms with Gasteiger partial charge in [0.1, 0.15) is 11.5 Å². The number of ether oxygens (including phenoxy) is 1. The summed E-state index contributed by atoms with van der Waals surface area (Å²) < 4.78 is 19.6. The molecule has 2 saturated heterocycles. The third kappa shape index (κ3) is 10.3. The van der Waals surface area contributed by atoms with Gasteiger partial charge >= 0.3 is 7.75 Å². The van der Waals surface area contributed by atoms with Gasteiger partial charge < -0.3 is 44.6 Å². The van der Waals surface area contributed by atoms with Crippen molar-refractivity contribution in [3.8, 4) is 17.1 Å². The second kappa shape index (κ2) is 19.6. The highest BCUT2D eigenvalue weighted by Crippen LogP contribution is 2.43. The average Bonchev–Trinajstić information content (AvgIpc) is 3.83. The van der Waals surface area contributed by atoms with Crippen molar-refractivity contribution in [1.82, 2.24) is 29.5 Å². The summed E-state index contributed by atoms with van der Waals surface area (Å²) in [5.74, 6) is 0.396. The molecule has 2 aromatic carbocycles. The highest BCUT2D eigenvalue weighted by atomic mass is 35.5. The van der Waals surface area contributed by atoms with Crippen LogP contribution in [0.15, 0.2) is 73.6 Å². The monoisotopic (exact) mass is 1010 g/mol. The molecule has 20 heteroatoms.